The molecule has 0 radical (unpaired) electrons. The fourth-order valence-electron chi connectivity index (χ4n) is 3.05. The molecule has 0 saturated heterocycles. The van der Waals surface area contributed by atoms with Gasteiger partial charge in [0, 0.05) is 39.0 Å². The number of unbranched alkanes of at least 4 members (excludes halogenated alkanes) is 1. The Kier molecular flexibility index (Phi) is 9.27. The molecular formula is C19H33N5O3. The highest BCUT2D eigenvalue weighted by Crippen LogP contribution is 2.23. The molecule has 0 bridgehead atoms. The maximum atomic E-state index is 12.6. The predicted molar refractivity (Wildman–Crippen MR) is 106 cm³/mol. The fourth-order valence-corrected chi connectivity index (χ4v) is 3.05. The molecule has 1 aliphatic carbocycles. The fraction of sp³-hybridized carbons (Fsp3) is 0.737. The molecule has 1 heterocycles. The lowest BCUT2D eigenvalue weighted by Gasteiger charge is -2.27. The van der Waals surface area contributed by atoms with Crippen molar-refractivity contribution in [3.8, 4) is 0 Å². The van der Waals surface area contributed by atoms with Gasteiger partial charge in [-0.1, -0.05) is 13.3 Å². The molecular weight excluding hydrogens is 346 g/mol. The molecule has 1 saturated carbocycles. The van der Waals surface area contributed by atoms with Crippen molar-refractivity contribution in [1.82, 2.24) is 15.3 Å². The summed E-state index contributed by atoms with van der Waals surface area (Å²) in [6.45, 7) is 4.07. The summed E-state index contributed by atoms with van der Waals surface area (Å²) in [6, 6.07) is 0.201. The normalized spacial score (nSPS) is 19.5. The zero-order valence-corrected chi connectivity index (χ0v) is 16.5. The van der Waals surface area contributed by atoms with E-state index in [1.165, 1.54) is 0 Å². The maximum Gasteiger partial charge on any atom is 0.256 e. The summed E-state index contributed by atoms with van der Waals surface area (Å²) in [4.78, 5) is 21.4. The molecule has 4 N–H and O–H groups in total. The van der Waals surface area contributed by atoms with Gasteiger partial charge in [0.1, 0.15) is 11.4 Å². The quantitative estimate of drug-likeness (QED) is 0.436. The number of carbonyl (C=O) groups excluding carboxylic acids is 1. The molecule has 0 unspecified atom stereocenters. The monoisotopic (exact) mass is 379 g/mol. The van der Waals surface area contributed by atoms with E-state index in [9.17, 15) is 9.90 Å². The number of nitrogens with one attached hydrogen (secondary N) is 3. The number of nitrogens with zero attached hydrogens (tertiary/aromatic N) is 2. The minimum Gasteiger partial charge on any atom is -0.393 e. The van der Waals surface area contributed by atoms with Gasteiger partial charge in [0.25, 0.3) is 5.91 Å². The summed E-state index contributed by atoms with van der Waals surface area (Å²) in [7, 11) is 1.64. The first-order chi connectivity index (χ1) is 13.1. The van der Waals surface area contributed by atoms with Crippen molar-refractivity contribution in [1.29, 1.82) is 0 Å². The minimum atomic E-state index is -0.219. The number of anilines is 2. The summed E-state index contributed by atoms with van der Waals surface area (Å²) in [6.07, 6.45) is 7.49. The first-order valence-corrected chi connectivity index (χ1v) is 9.96. The van der Waals surface area contributed by atoms with Crippen LogP contribution in [0.25, 0.3) is 0 Å². The molecule has 1 amide bonds. The van der Waals surface area contributed by atoms with Gasteiger partial charge in [0.05, 0.1) is 6.10 Å². The highest BCUT2D eigenvalue weighted by molar-refractivity contribution is 5.98. The Hall–Kier alpha value is -1.93. The number of aliphatic hydroxyl groups is 1. The zero-order chi connectivity index (χ0) is 19.5. The van der Waals surface area contributed by atoms with Crippen LogP contribution in [0.15, 0.2) is 6.20 Å². The van der Waals surface area contributed by atoms with Gasteiger partial charge >= 0.3 is 0 Å². The first kappa shape index (κ1) is 21.4. The van der Waals surface area contributed by atoms with E-state index in [0.29, 0.717) is 30.5 Å². The molecule has 0 aliphatic heterocycles. The van der Waals surface area contributed by atoms with Crippen molar-refractivity contribution in [2.75, 3.05) is 37.4 Å². The van der Waals surface area contributed by atoms with Crippen LogP contribution < -0.4 is 16.0 Å². The largest absolute Gasteiger partial charge is 0.393 e. The number of aromatic nitrogens is 2. The Morgan fingerprint density at radius 3 is 2.74 bits per heavy atom. The molecule has 1 aliphatic rings. The first-order valence-electron chi connectivity index (χ1n) is 9.96. The van der Waals surface area contributed by atoms with E-state index in [0.717, 1.165) is 51.5 Å². The molecule has 0 aromatic carbocycles. The second-order valence-electron chi connectivity index (χ2n) is 6.99. The van der Waals surface area contributed by atoms with Crippen LogP contribution in [0, 0.1) is 0 Å². The number of amides is 1. The van der Waals surface area contributed by atoms with Gasteiger partial charge in [-0.05, 0) is 38.5 Å². The van der Waals surface area contributed by atoms with Gasteiger partial charge in [-0.2, -0.15) is 4.98 Å². The molecule has 1 fully saturated rings. The minimum absolute atomic E-state index is 0.190. The zero-order valence-electron chi connectivity index (χ0n) is 16.5. The third-order valence-corrected chi connectivity index (χ3v) is 4.70. The lowest BCUT2D eigenvalue weighted by atomic mass is 9.93. The molecule has 8 heteroatoms. The Labute approximate surface area is 161 Å². The van der Waals surface area contributed by atoms with E-state index < -0.39 is 0 Å². The smallest absolute Gasteiger partial charge is 0.256 e. The second kappa shape index (κ2) is 11.7. The molecule has 1 aromatic heterocycles. The number of aliphatic hydroxyl groups excluding tert-OH is 1. The van der Waals surface area contributed by atoms with E-state index >= 15 is 0 Å². The number of hydrogen-bond acceptors (Lipinski definition) is 7. The third kappa shape index (κ3) is 7.30. The van der Waals surface area contributed by atoms with Crippen LogP contribution >= 0.6 is 0 Å². The van der Waals surface area contributed by atoms with Crippen molar-refractivity contribution >= 4 is 17.7 Å². The van der Waals surface area contributed by atoms with Gasteiger partial charge in [-0.25, -0.2) is 4.98 Å². The molecule has 2 rings (SSSR count). The highest BCUT2D eigenvalue weighted by atomic mass is 16.5. The van der Waals surface area contributed by atoms with E-state index in [1.807, 2.05) is 0 Å². The molecule has 8 nitrogen and oxygen atoms in total. The number of methoxy groups -OCH3 is 1. The maximum absolute atomic E-state index is 12.6. The average Bonchev–Trinajstić information content (AvgIpc) is 2.67. The Morgan fingerprint density at radius 1 is 1.26 bits per heavy atom. The summed E-state index contributed by atoms with van der Waals surface area (Å²) in [5.41, 5.74) is 0.444. The summed E-state index contributed by atoms with van der Waals surface area (Å²) in [5.74, 6) is 0.886. The number of carbonyl (C=O) groups is 1. The van der Waals surface area contributed by atoms with E-state index in [-0.39, 0.29) is 18.1 Å². The molecule has 1 aromatic rings. The van der Waals surface area contributed by atoms with Crippen LogP contribution in [0.3, 0.4) is 0 Å². The molecule has 152 valence electrons. The van der Waals surface area contributed by atoms with Crippen LogP contribution in [-0.4, -0.2) is 59.9 Å². The van der Waals surface area contributed by atoms with Crippen LogP contribution in [-0.2, 0) is 4.74 Å². The summed E-state index contributed by atoms with van der Waals surface area (Å²) >= 11 is 0. The molecule has 0 atom stereocenters. The molecule has 0 spiro atoms. The Bertz CT molecular complexity index is 576. The van der Waals surface area contributed by atoms with E-state index in [4.69, 9.17) is 4.74 Å². The lowest BCUT2D eigenvalue weighted by Crippen LogP contribution is -2.31. The van der Waals surface area contributed by atoms with Gasteiger partial charge in [0.2, 0.25) is 5.95 Å². The van der Waals surface area contributed by atoms with Gasteiger partial charge in [0.15, 0.2) is 0 Å². The lowest BCUT2D eigenvalue weighted by molar-refractivity contribution is 0.0948. The van der Waals surface area contributed by atoms with E-state index in [2.05, 4.69) is 32.8 Å². The van der Waals surface area contributed by atoms with Crippen LogP contribution in [0.2, 0.25) is 0 Å². The average molecular weight is 380 g/mol. The van der Waals surface area contributed by atoms with Crippen LogP contribution in [0.1, 0.15) is 62.2 Å². The topological polar surface area (TPSA) is 108 Å². The van der Waals surface area contributed by atoms with Crippen molar-refractivity contribution < 1.29 is 14.6 Å². The SMILES string of the molecule is CCCCNc1ncc(C(=O)NCCCOC)c(NC2CCC(O)CC2)n1. The van der Waals surface area contributed by atoms with Crippen LogP contribution in [0.4, 0.5) is 11.8 Å². The number of ether oxygens (including phenoxy) is 1. The second-order valence-corrected chi connectivity index (χ2v) is 6.99. The van der Waals surface area contributed by atoms with E-state index in [1.54, 1.807) is 13.3 Å². The van der Waals surface area contributed by atoms with Crippen molar-refractivity contribution in [3.05, 3.63) is 11.8 Å². The van der Waals surface area contributed by atoms with Gasteiger partial charge in [-0.15, -0.1) is 0 Å². The third-order valence-electron chi connectivity index (χ3n) is 4.70. The summed E-state index contributed by atoms with van der Waals surface area (Å²) in [5, 5.41) is 19.2. The Balaban J connectivity index is 2.06. The van der Waals surface area contributed by atoms with Crippen molar-refractivity contribution in [2.24, 2.45) is 0 Å². The predicted octanol–water partition coefficient (Wildman–Crippen LogP) is 2.17. The van der Waals surface area contributed by atoms with Crippen LogP contribution in [0.5, 0.6) is 0 Å². The van der Waals surface area contributed by atoms with Crippen molar-refractivity contribution in [3.63, 3.8) is 0 Å². The van der Waals surface area contributed by atoms with Crippen molar-refractivity contribution in [2.45, 2.75) is 64.0 Å². The Morgan fingerprint density at radius 2 is 2.04 bits per heavy atom. The molecule has 27 heavy (non-hydrogen) atoms. The number of rotatable bonds is 11. The summed E-state index contributed by atoms with van der Waals surface area (Å²) < 4.78 is 5.01. The number of hydrogen-bond donors (Lipinski definition) is 4. The van der Waals surface area contributed by atoms with Gasteiger partial charge in [-0.3, -0.25) is 4.79 Å². The van der Waals surface area contributed by atoms with Gasteiger partial charge < -0.3 is 25.8 Å². The highest BCUT2D eigenvalue weighted by Gasteiger charge is 2.22. The standard InChI is InChI=1S/C19H33N5O3/c1-3-4-10-21-19-22-13-16(18(26)20-11-5-12-27-2)17(24-19)23-14-6-8-15(25)9-7-14/h13-15,25H,3-12H2,1-2H3,(H,20,26)(H2,21,22,23,24).